The summed E-state index contributed by atoms with van der Waals surface area (Å²) in [5.41, 5.74) is 2.45. The third kappa shape index (κ3) is 3.92. The van der Waals surface area contributed by atoms with E-state index in [0.29, 0.717) is 18.2 Å². The van der Waals surface area contributed by atoms with Gasteiger partial charge in [-0.25, -0.2) is 4.98 Å². The van der Waals surface area contributed by atoms with Crippen molar-refractivity contribution in [2.24, 2.45) is 5.92 Å². The number of carbonyl (C=O) groups is 2. The molecule has 0 bridgehead atoms. The number of aromatic nitrogens is 2. The van der Waals surface area contributed by atoms with Crippen LogP contribution in [-0.2, 0) is 16.1 Å². The number of thiazole rings is 1. The number of para-hydroxylation sites is 2. The van der Waals surface area contributed by atoms with Gasteiger partial charge >= 0.3 is 0 Å². The number of carbonyl (C=O) groups excluding carboxylic acids is 2. The first kappa shape index (κ1) is 19.4. The van der Waals surface area contributed by atoms with Crippen molar-refractivity contribution >= 4 is 44.2 Å². The van der Waals surface area contributed by atoms with E-state index in [-0.39, 0.29) is 18.2 Å². The largest absolute Gasteiger partial charge is 0.312 e. The third-order valence-corrected chi connectivity index (χ3v) is 6.43. The Labute approximate surface area is 183 Å². The van der Waals surface area contributed by atoms with Gasteiger partial charge in [0.15, 0.2) is 5.13 Å². The Balaban J connectivity index is 1.46. The van der Waals surface area contributed by atoms with Crippen LogP contribution in [0.25, 0.3) is 10.2 Å². The van der Waals surface area contributed by atoms with Crippen molar-refractivity contribution < 1.29 is 9.59 Å². The van der Waals surface area contributed by atoms with Gasteiger partial charge in [-0.15, -0.1) is 0 Å². The van der Waals surface area contributed by atoms with Crippen LogP contribution in [0, 0.1) is 5.92 Å². The van der Waals surface area contributed by atoms with Crippen molar-refractivity contribution in [1.82, 2.24) is 9.97 Å². The van der Waals surface area contributed by atoms with Crippen LogP contribution in [0.3, 0.4) is 0 Å². The van der Waals surface area contributed by atoms with Gasteiger partial charge in [0.1, 0.15) is 0 Å². The molecule has 3 heterocycles. The maximum absolute atomic E-state index is 13.6. The second-order valence-electron chi connectivity index (χ2n) is 7.45. The summed E-state index contributed by atoms with van der Waals surface area (Å²) in [7, 11) is 0. The van der Waals surface area contributed by atoms with E-state index in [0.717, 1.165) is 21.6 Å². The normalized spacial score (nSPS) is 16.1. The first-order chi connectivity index (χ1) is 15.2. The summed E-state index contributed by atoms with van der Waals surface area (Å²) >= 11 is 1.48. The van der Waals surface area contributed by atoms with Gasteiger partial charge < -0.3 is 4.90 Å². The van der Waals surface area contributed by atoms with Gasteiger partial charge in [0.25, 0.3) is 0 Å². The minimum atomic E-state index is -0.427. The molecule has 0 saturated carbocycles. The van der Waals surface area contributed by atoms with Crippen LogP contribution in [-0.4, -0.2) is 28.3 Å². The first-order valence-electron chi connectivity index (χ1n) is 10.1. The van der Waals surface area contributed by atoms with E-state index in [4.69, 9.17) is 4.98 Å². The number of fused-ring (bicyclic) bond motifs is 1. The maximum atomic E-state index is 13.6. The molecular formula is C24H20N4O2S. The van der Waals surface area contributed by atoms with Crippen LogP contribution < -0.4 is 9.80 Å². The summed E-state index contributed by atoms with van der Waals surface area (Å²) in [6.45, 7) is 0.681. The number of hydrogen-bond acceptors (Lipinski definition) is 5. The van der Waals surface area contributed by atoms with Crippen LogP contribution in [0.2, 0.25) is 0 Å². The van der Waals surface area contributed by atoms with Crippen LogP contribution in [0.4, 0.5) is 10.8 Å². The molecule has 2 amide bonds. The number of amides is 2. The molecule has 31 heavy (non-hydrogen) atoms. The van der Waals surface area contributed by atoms with Crippen molar-refractivity contribution in [1.29, 1.82) is 0 Å². The highest BCUT2D eigenvalue weighted by atomic mass is 32.1. The highest BCUT2D eigenvalue weighted by Crippen LogP contribution is 2.33. The summed E-state index contributed by atoms with van der Waals surface area (Å²) in [6.07, 6.45) is 1.91. The van der Waals surface area contributed by atoms with Gasteiger partial charge in [0.05, 0.1) is 28.4 Å². The lowest BCUT2D eigenvalue weighted by Crippen LogP contribution is -2.37. The molecule has 1 saturated heterocycles. The van der Waals surface area contributed by atoms with E-state index in [1.54, 1.807) is 16.0 Å². The molecule has 2 aromatic carbocycles. The zero-order chi connectivity index (χ0) is 21.2. The third-order valence-electron chi connectivity index (χ3n) is 5.37. The van der Waals surface area contributed by atoms with Crippen molar-refractivity contribution in [3.05, 3.63) is 84.7 Å². The monoisotopic (exact) mass is 428 g/mol. The molecule has 154 valence electrons. The highest BCUT2D eigenvalue weighted by Gasteiger charge is 2.38. The molecule has 0 radical (unpaired) electrons. The average molecular weight is 429 g/mol. The molecule has 1 atom stereocenters. The summed E-state index contributed by atoms with van der Waals surface area (Å²) in [5, 5.41) is 0.627. The molecule has 4 aromatic rings. The number of hydrogen-bond donors (Lipinski definition) is 0. The van der Waals surface area contributed by atoms with Crippen LogP contribution in [0.15, 0.2) is 79.0 Å². The smallest absolute Gasteiger partial charge is 0.234 e. The van der Waals surface area contributed by atoms with Crippen molar-refractivity contribution in [2.75, 3.05) is 16.3 Å². The Kier molecular flexibility index (Phi) is 5.18. The molecule has 1 fully saturated rings. The molecule has 1 unspecified atom stereocenters. The second kappa shape index (κ2) is 8.28. The fraction of sp³-hybridized carbons (Fsp3) is 0.167. The minimum absolute atomic E-state index is 0.0355. The predicted octanol–water partition coefficient (Wildman–Crippen LogP) is 4.28. The number of nitrogens with zero attached hydrogens (tertiary/aromatic N) is 4. The average Bonchev–Trinajstić information content (AvgIpc) is 3.42. The predicted molar refractivity (Wildman–Crippen MR) is 122 cm³/mol. The van der Waals surface area contributed by atoms with Crippen LogP contribution in [0.1, 0.15) is 12.1 Å². The maximum Gasteiger partial charge on any atom is 0.234 e. The SMILES string of the molecule is O=C1CC(C(=O)N(Cc2ccccn2)c2nc3ccccc3s2)CN1c1ccccc1. The molecule has 6 nitrogen and oxygen atoms in total. The number of pyridine rings is 1. The standard InChI is InChI=1S/C24H20N4O2S/c29-22-14-17(15-27(22)19-9-2-1-3-10-19)23(30)28(16-18-8-6-7-13-25-18)24-26-20-11-4-5-12-21(20)31-24/h1-13,17H,14-16H2. The van der Waals surface area contributed by atoms with E-state index in [9.17, 15) is 9.59 Å². The Morgan fingerprint density at radius 3 is 2.58 bits per heavy atom. The Morgan fingerprint density at radius 2 is 1.81 bits per heavy atom. The van der Waals surface area contributed by atoms with Gasteiger partial charge in [-0.1, -0.05) is 47.7 Å². The van der Waals surface area contributed by atoms with Gasteiger partial charge in [-0.2, -0.15) is 0 Å². The summed E-state index contributed by atoms with van der Waals surface area (Å²) in [6, 6.07) is 23.0. The van der Waals surface area contributed by atoms with E-state index < -0.39 is 5.92 Å². The summed E-state index contributed by atoms with van der Waals surface area (Å²) in [5.74, 6) is -0.563. The van der Waals surface area contributed by atoms with E-state index in [1.807, 2.05) is 72.8 Å². The molecular weight excluding hydrogens is 408 g/mol. The van der Waals surface area contributed by atoms with Crippen LogP contribution in [0.5, 0.6) is 0 Å². The lowest BCUT2D eigenvalue weighted by molar-refractivity contribution is -0.124. The Morgan fingerprint density at radius 1 is 1.03 bits per heavy atom. The fourth-order valence-electron chi connectivity index (χ4n) is 3.82. The zero-order valence-electron chi connectivity index (χ0n) is 16.7. The number of anilines is 2. The molecule has 0 aliphatic carbocycles. The molecule has 2 aromatic heterocycles. The lowest BCUT2D eigenvalue weighted by Gasteiger charge is -2.23. The molecule has 1 aliphatic heterocycles. The minimum Gasteiger partial charge on any atom is -0.312 e. The highest BCUT2D eigenvalue weighted by molar-refractivity contribution is 7.22. The lowest BCUT2D eigenvalue weighted by atomic mass is 10.1. The van der Waals surface area contributed by atoms with Gasteiger partial charge in [0.2, 0.25) is 11.8 Å². The van der Waals surface area contributed by atoms with E-state index in [1.165, 1.54) is 11.3 Å². The van der Waals surface area contributed by atoms with E-state index >= 15 is 0 Å². The quantitative estimate of drug-likeness (QED) is 0.476. The van der Waals surface area contributed by atoms with Crippen molar-refractivity contribution in [3.63, 3.8) is 0 Å². The van der Waals surface area contributed by atoms with Crippen molar-refractivity contribution in [2.45, 2.75) is 13.0 Å². The van der Waals surface area contributed by atoms with Crippen LogP contribution >= 0.6 is 11.3 Å². The van der Waals surface area contributed by atoms with Gasteiger partial charge in [-0.05, 0) is 36.4 Å². The fourth-order valence-corrected chi connectivity index (χ4v) is 4.79. The molecule has 0 spiro atoms. The molecule has 1 aliphatic rings. The van der Waals surface area contributed by atoms with Crippen molar-refractivity contribution in [3.8, 4) is 0 Å². The Hall–Kier alpha value is -3.58. The van der Waals surface area contributed by atoms with Gasteiger partial charge in [0, 0.05) is 24.8 Å². The topological polar surface area (TPSA) is 66.4 Å². The molecule has 7 heteroatoms. The molecule has 0 N–H and O–H groups in total. The number of benzene rings is 2. The summed E-state index contributed by atoms with van der Waals surface area (Å²) in [4.78, 5) is 38.8. The zero-order valence-corrected chi connectivity index (χ0v) is 17.5. The number of rotatable bonds is 5. The molecule has 5 rings (SSSR count). The second-order valence-corrected chi connectivity index (χ2v) is 8.46. The summed E-state index contributed by atoms with van der Waals surface area (Å²) < 4.78 is 1.02. The van der Waals surface area contributed by atoms with Gasteiger partial charge in [-0.3, -0.25) is 19.5 Å². The Bertz CT molecular complexity index is 1190. The first-order valence-corrected chi connectivity index (χ1v) is 10.9. The van der Waals surface area contributed by atoms with E-state index in [2.05, 4.69) is 4.98 Å².